The van der Waals surface area contributed by atoms with E-state index in [1.807, 2.05) is 20.8 Å². The maximum atomic E-state index is 13.4. The molecule has 4 amide bonds. The Morgan fingerprint density at radius 2 is 1.84 bits per heavy atom. The van der Waals surface area contributed by atoms with Crippen molar-refractivity contribution in [3.05, 3.63) is 0 Å². The van der Waals surface area contributed by atoms with Gasteiger partial charge < -0.3 is 32.3 Å². The summed E-state index contributed by atoms with van der Waals surface area (Å²) in [5.74, 6) is -1.43. The molecule has 11 nitrogen and oxygen atoms in total. The van der Waals surface area contributed by atoms with E-state index in [4.69, 9.17) is 11.5 Å². The highest BCUT2D eigenvalue weighted by Crippen LogP contribution is 2.20. The number of guanidine groups is 1. The van der Waals surface area contributed by atoms with E-state index >= 15 is 0 Å². The first-order valence-corrected chi connectivity index (χ1v) is 11.3. The molecule has 32 heavy (non-hydrogen) atoms. The predicted molar refractivity (Wildman–Crippen MR) is 122 cm³/mol. The number of nitrogens with zero attached hydrogens (tertiary/aromatic N) is 2. The Kier molecular flexibility index (Phi) is 11.5. The molecule has 0 saturated carbocycles. The van der Waals surface area contributed by atoms with E-state index in [2.05, 4.69) is 20.9 Å². The van der Waals surface area contributed by atoms with Gasteiger partial charge in [-0.25, -0.2) is 0 Å². The summed E-state index contributed by atoms with van der Waals surface area (Å²) in [7, 11) is 0. The zero-order valence-corrected chi connectivity index (χ0v) is 19.6. The summed E-state index contributed by atoms with van der Waals surface area (Å²) in [6, 6.07) is -2.17. The van der Waals surface area contributed by atoms with Crippen LogP contribution in [0.15, 0.2) is 4.99 Å². The average Bonchev–Trinajstić information content (AvgIpc) is 3.22. The number of carbonyl (C=O) groups excluding carboxylic acids is 4. The first-order valence-electron chi connectivity index (χ1n) is 11.3. The summed E-state index contributed by atoms with van der Waals surface area (Å²) in [5.41, 5.74) is 10.7. The number of rotatable bonds is 12. The molecule has 0 aliphatic carbocycles. The highest BCUT2D eigenvalue weighted by molar-refractivity contribution is 5.94. The van der Waals surface area contributed by atoms with E-state index in [1.54, 1.807) is 0 Å². The Morgan fingerprint density at radius 1 is 1.16 bits per heavy atom. The monoisotopic (exact) mass is 453 g/mol. The van der Waals surface area contributed by atoms with Crippen molar-refractivity contribution in [1.29, 1.82) is 0 Å². The number of likely N-dealkylation sites (tertiary alicyclic amines) is 1. The maximum absolute atomic E-state index is 13.4. The lowest BCUT2D eigenvalue weighted by molar-refractivity contribution is -0.142. The van der Waals surface area contributed by atoms with Gasteiger partial charge in [0, 0.05) is 26.6 Å². The zero-order chi connectivity index (χ0) is 24.3. The molecule has 1 saturated heterocycles. The number of nitrogens with two attached hydrogens (primary N) is 2. The molecule has 1 fully saturated rings. The largest absolute Gasteiger partial charge is 0.370 e. The summed E-state index contributed by atoms with van der Waals surface area (Å²) in [6.07, 6.45) is 2.72. The van der Waals surface area contributed by atoms with Crippen molar-refractivity contribution in [2.45, 2.75) is 77.9 Å². The second-order valence-corrected chi connectivity index (χ2v) is 8.16. The van der Waals surface area contributed by atoms with Gasteiger partial charge in [-0.2, -0.15) is 0 Å². The fraction of sp³-hybridized carbons (Fsp3) is 0.762. The van der Waals surface area contributed by atoms with Crippen LogP contribution in [0.4, 0.5) is 0 Å². The number of hydrogen-bond donors (Lipinski definition) is 5. The highest BCUT2D eigenvalue weighted by atomic mass is 16.2. The van der Waals surface area contributed by atoms with E-state index in [1.165, 1.54) is 11.8 Å². The quantitative estimate of drug-likeness (QED) is 0.147. The van der Waals surface area contributed by atoms with Crippen LogP contribution in [0, 0.1) is 5.92 Å². The summed E-state index contributed by atoms with van der Waals surface area (Å²) in [5, 5.41) is 8.25. The van der Waals surface area contributed by atoms with E-state index in [-0.39, 0.29) is 29.6 Å². The third kappa shape index (κ3) is 8.35. The molecule has 4 atom stereocenters. The number of amides is 4. The minimum atomic E-state index is -0.855. The average molecular weight is 454 g/mol. The van der Waals surface area contributed by atoms with E-state index in [9.17, 15) is 19.2 Å². The molecule has 11 heteroatoms. The van der Waals surface area contributed by atoms with E-state index in [0.29, 0.717) is 51.7 Å². The lowest BCUT2D eigenvalue weighted by atomic mass is 9.97. The van der Waals surface area contributed by atoms with E-state index < -0.39 is 24.0 Å². The van der Waals surface area contributed by atoms with Crippen LogP contribution in [0.25, 0.3) is 0 Å². The molecule has 0 spiro atoms. The number of aliphatic imine (C=N–C) groups is 1. The van der Waals surface area contributed by atoms with Crippen molar-refractivity contribution in [2.75, 3.05) is 19.6 Å². The molecule has 0 aromatic rings. The molecule has 1 heterocycles. The zero-order valence-electron chi connectivity index (χ0n) is 19.6. The van der Waals surface area contributed by atoms with Gasteiger partial charge >= 0.3 is 0 Å². The van der Waals surface area contributed by atoms with Crippen LogP contribution < -0.4 is 27.4 Å². The molecule has 1 rings (SSSR count). The maximum Gasteiger partial charge on any atom is 0.245 e. The van der Waals surface area contributed by atoms with Crippen molar-refractivity contribution in [1.82, 2.24) is 20.9 Å². The van der Waals surface area contributed by atoms with Gasteiger partial charge in [0.2, 0.25) is 23.6 Å². The van der Waals surface area contributed by atoms with Gasteiger partial charge in [-0.15, -0.1) is 0 Å². The van der Waals surface area contributed by atoms with Crippen molar-refractivity contribution in [3.63, 3.8) is 0 Å². The van der Waals surface area contributed by atoms with Crippen LogP contribution in [0.5, 0.6) is 0 Å². The SMILES string of the molecule is CCNC(=O)[C@@H]1CCCN1C(=O)[C@H](CCCN=C(N)N)NC(=O)[C@H](NC(C)=O)[C@H](C)CC. The second kappa shape index (κ2) is 13.5. The molecule has 7 N–H and O–H groups in total. The molecule has 1 aliphatic rings. The summed E-state index contributed by atoms with van der Waals surface area (Å²) in [6.45, 7) is 8.19. The molecular weight excluding hydrogens is 414 g/mol. The van der Waals surface area contributed by atoms with Crippen LogP contribution in [-0.4, -0.2) is 72.2 Å². The Labute approximate surface area is 190 Å². The Hall–Kier alpha value is -2.85. The van der Waals surface area contributed by atoms with Gasteiger partial charge in [0.15, 0.2) is 5.96 Å². The normalized spacial score (nSPS) is 18.2. The fourth-order valence-electron chi connectivity index (χ4n) is 3.74. The third-order valence-corrected chi connectivity index (χ3v) is 5.60. The van der Waals surface area contributed by atoms with Gasteiger partial charge in [-0.05, 0) is 38.5 Å². The van der Waals surface area contributed by atoms with Crippen LogP contribution >= 0.6 is 0 Å². The van der Waals surface area contributed by atoms with Gasteiger partial charge in [-0.3, -0.25) is 24.2 Å². The molecule has 0 radical (unpaired) electrons. The topological polar surface area (TPSA) is 172 Å². The standard InChI is InChI=1S/C21H39N7O4/c1-5-13(3)17(26-14(4)29)19(31)27-15(9-7-11-25-21(22)23)20(32)28-12-8-10-16(28)18(30)24-6-2/h13,15-17H,5-12H2,1-4H3,(H,24,30)(H,26,29)(H,27,31)(H4,22,23,25)/t13-,15+,16+,17-/m1/s1. The van der Waals surface area contributed by atoms with Crippen LogP contribution in [0.1, 0.15) is 59.8 Å². The Morgan fingerprint density at radius 3 is 2.41 bits per heavy atom. The van der Waals surface area contributed by atoms with Crippen LogP contribution in [0.3, 0.4) is 0 Å². The molecular formula is C21H39N7O4. The second-order valence-electron chi connectivity index (χ2n) is 8.16. The molecule has 0 unspecified atom stereocenters. The number of nitrogens with one attached hydrogen (secondary N) is 3. The number of hydrogen-bond acceptors (Lipinski definition) is 5. The first-order chi connectivity index (χ1) is 15.1. The van der Waals surface area contributed by atoms with Crippen LogP contribution in [0.2, 0.25) is 0 Å². The molecule has 182 valence electrons. The van der Waals surface area contributed by atoms with E-state index in [0.717, 1.165) is 0 Å². The lowest BCUT2D eigenvalue weighted by Gasteiger charge is -2.30. The lowest BCUT2D eigenvalue weighted by Crippen LogP contribution is -2.57. The number of carbonyl (C=O) groups is 4. The minimum Gasteiger partial charge on any atom is -0.370 e. The predicted octanol–water partition coefficient (Wildman–Crippen LogP) is -0.797. The minimum absolute atomic E-state index is 0.0461. The summed E-state index contributed by atoms with van der Waals surface area (Å²) < 4.78 is 0. The fourth-order valence-corrected chi connectivity index (χ4v) is 3.74. The van der Waals surface area contributed by atoms with Gasteiger partial charge in [0.25, 0.3) is 0 Å². The highest BCUT2D eigenvalue weighted by Gasteiger charge is 2.38. The molecule has 0 aromatic carbocycles. The molecule has 0 bridgehead atoms. The van der Waals surface area contributed by atoms with Crippen molar-refractivity contribution in [2.24, 2.45) is 22.4 Å². The molecule has 1 aliphatic heterocycles. The van der Waals surface area contributed by atoms with Gasteiger partial charge in [-0.1, -0.05) is 20.3 Å². The Balaban J connectivity index is 3.03. The van der Waals surface area contributed by atoms with Crippen LogP contribution in [-0.2, 0) is 19.2 Å². The first kappa shape index (κ1) is 27.2. The summed E-state index contributed by atoms with van der Waals surface area (Å²) in [4.78, 5) is 55.9. The number of likely N-dealkylation sites (N-methyl/N-ethyl adjacent to an activating group) is 1. The third-order valence-electron chi connectivity index (χ3n) is 5.60. The van der Waals surface area contributed by atoms with Crippen molar-refractivity contribution < 1.29 is 19.2 Å². The van der Waals surface area contributed by atoms with Gasteiger partial charge in [0.05, 0.1) is 0 Å². The summed E-state index contributed by atoms with van der Waals surface area (Å²) >= 11 is 0. The van der Waals surface area contributed by atoms with Crippen molar-refractivity contribution in [3.8, 4) is 0 Å². The molecule has 0 aromatic heterocycles. The van der Waals surface area contributed by atoms with Gasteiger partial charge in [0.1, 0.15) is 18.1 Å². The smallest absolute Gasteiger partial charge is 0.245 e. The Bertz CT molecular complexity index is 694. The van der Waals surface area contributed by atoms with Crippen molar-refractivity contribution >= 4 is 29.6 Å².